The van der Waals surface area contributed by atoms with Gasteiger partial charge in [0, 0.05) is 17.9 Å². The summed E-state index contributed by atoms with van der Waals surface area (Å²) in [6.07, 6.45) is 13.9. The van der Waals surface area contributed by atoms with Crippen LogP contribution in [0.2, 0.25) is 0 Å². The van der Waals surface area contributed by atoms with Gasteiger partial charge in [-0.1, -0.05) is 64.4 Å². The predicted octanol–water partition coefficient (Wildman–Crippen LogP) is 6.23. The van der Waals surface area contributed by atoms with Gasteiger partial charge >= 0.3 is 0 Å². The molecule has 0 saturated carbocycles. The average molecular weight is 297 g/mol. The van der Waals surface area contributed by atoms with Crippen molar-refractivity contribution in [1.29, 1.82) is 0 Å². The maximum atomic E-state index is 5.88. The fourth-order valence-corrected chi connectivity index (χ4v) is 3.41. The molecule has 20 heavy (non-hydrogen) atoms. The zero-order valence-electron chi connectivity index (χ0n) is 13.4. The minimum atomic E-state index is 0.429. The summed E-state index contributed by atoms with van der Waals surface area (Å²) in [6, 6.07) is 4.36. The lowest BCUT2D eigenvalue weighted by Gasteiger charge is -2.16. The van der Waals surface area contributed by atoms with Gasteiger partial charge in [-0.05, 0) is 24.8 Å². The van der Waals surface area contributed by atoms with Crippen LogP contribution in [0.1, 0.15) is 76.5 Å². The van der Waals surface area contributed by atoms with E-state index in [0.29, 0.717) is 6.10 Å². The third-order valence-corrected chi connectivity index (χ3v) is 4.69. The number of ether oxygens (including phenoxy) is 1. The second-order valence-electron chi connectivity index (χ2n) is 5.62. The van der Waals surface area contributed by atoms with E-state index in [0.717, 1.165) is 13.0 Å². The minimum absolute atomic E-state index is 0.429. The van der Waals surface area contributed by atoms with Crippen molar-refractivity contribution in [3.8, 4) is 0 Å². The van der Waals surface area contributed by atoms with E-state index in [1.165, 1.54) is 62.7 Å². The fourth-order valence-electron chi connectivity index (χ4n) is 2.64. The van der Waals surface area contributed by atoms with Crippen LogP contribution < -0.4 is 0 Å². The smallest absolute Gasteiger partial charge is 0.0623 e. The second kappa shape index (κ2) is 12.4. The topological polar surface area (TPSA) is 9.23 Å². The molecular formula is C18H32OS. The van der Waals surface area contributed by atoms with E-state index < -0.39 is 0 Å². The summed E-state index contributed by atoms with van der Waals surface area (Å²) in [7, 11) is 0. The van der Waals surface area contributed by atoms with Crippen molar-refractivity contribution < 1.29 is 4.74 Å². The molecule has 0 aromatic carbocycles. The summed E-state index contributed by atoms with van der Waals surface area (Å²) < 4.78 is 5.88. The molecule has 0 saturated heterocycles. The molecule has 0 aliphatic carbocycles. The molecule has 1 heterocycles. The Kier molecular flexibility index (Phi) is 11.0. The molecule has 0 amide bonds. The van der Waals surface area contributed by atoms with Crippen molar-refractivity contribution in [1.82, 2.24) is 0 Å². The first-order valence-electron chi connectivity index (χ1n) is 8.50. The van der Waals surface area contributed by atoms with Crippen LogP contribution in [-0.4, -0.2) is 12.7 Å². The summed E-state index contributed by atoms with van der Waals surface area (Å²) >= 11 is 1.85. The zero-order chi connectivity index (χ0) is 14.5. The molecule has 0 spiro atoms. The molecule has 1 aromatic heterocycles. The van der Waals surface area contributed by atoms with Gasteiger partial charge < -0.3 is 4.74 Å². The van der Waals surface area contributed by atoms with E-state index in [4.69, 9.17) is 4.74 Å². The molecule has 0 N–H and O–H groups in total. The number of rotatable bonds is 13. The molecule has 1 unspecified atom stereocenters. The number of hydrogen-bond donors (Lipinski definition) is 0. The Morgan fingerprint density at radius 2 is 1.70 bits per heavy atom. The van der Waals surface area contributed by atoms with Crippen LogP contribution in [0.3, 0.4) is 0 Å². The highest BCUT2D eigenvalue weighted by Gasteiger charge is 2.09. The van der Waals surface area contributed by atoms with Crippen LogP contribution >= 0.6 is 11.3 Å². The summed E-state index contributed by atoms with van der Waals surface area (Å²) in [5.41, 5.74) is 0. The Morgan fingerprint density at radius 3 is 2.30 bits per heavy atom. The highest BCUT2D eigenvalue weighted by Crippen LogP contribution is 2.17. The Bertz CT molecular complexity index is 294. The van der Waals surface area contributed by atoms with Crippen LogP contribution in [0, 0.1) is 0 Å². The van der Waals surface area contributed by atoms with Gasteiger partial charge in [0.15, 0.2) is 0 Å². The summed E-state index contributed by atoms with van der Waals surface area (Å²) in [6.45, 7) is 5.23. The fraction of sp³-hybridized carbons (Fsp3) is 0.778. The van der Waals surface area contributed by atoms with E-state index in [2.05, 4.69) is 31.4 Å². The molecule has 1 rings (SSSR count). The summed E-state index contributed by atoms with van der Waals surface area (Å²) in [5.74, 6) is 0. The normalized spacial score (nSPS) is 12.7. The average Bonchev–Trinajstić information content (AvgIpc) is 2.95. The quantitative estimate of drug-likeness (QED) is 0.392. The van der Waals surface area contributed by atoms with Gasteiger partial charge in [0.1, 0.15) is 0 Å². The molecule has 1 nitrogen and oxygen atoms in total. The number of thiophene rings is 1. The van der Waals surface area contributed by atoms with Gasteiger partial charge in [0.05, 0.1) is 6.10 Å². The standard InChI is InChI=1S/C18H32OS/c1-3-5-6-7-8-9-10-11-13-17(19-4-2)16-18-14-12-15-20-18/h12,14-15,17H,3-11,13,16H2,1-2H3. The molecule has 0 aliphatic heterocycles. The van der Waals surface area contributed by atoms with Crippen molar-refractivity contribution in [2.24, 2.45) is 0 Å². The molecule has 1 atom stereocenters. The minimum Gasteiger partial charge on any atom is -0.378 e. The lowest BCUT2D eigenvalue weighted by molar-refractivity contribution is 0.0557. The zero-order valence-corrected chi connectivity index (χ0v) is 14.2. The van der Waals surface area contributed by atoms with Crippen LogP contribution in [0.4, 0.5) is 0 Å². The Hall–Kier alpha value is -0.340. The summed E-state index contributed by atoms with van der Waals surface area (Å²) in [5, 5.41) is 2.16. The van der Waals surface area contributed by atoms with E-state index >= 15 is 0 Å². The van der Waals surface area contributed by atoms with Crippen molar-refractivity contribution in [2.75, 3.05) is 6.61 Å². The van der Waals surface area contributed by atoms with Crippen molar-refractivity contribution >= 4 is 11.3 Å². The van der Waals surface area contributed by atoms with Crippen molar-refractivity contribution in [3.63, 3.8) is 0 Å². The van der Waals surface area contributed by atoms with Crippen molar-refractivity contribution in [3.05, 3.63) is 22.4 Å². The first-order valence-corrected chi connectivity index (χ1v) is 9.38. The molecule has 0 aliphatic rings. The van der Waals surface area contributed by atoms with Crippen LogP contribution in [-0.2, 0) is 11.2 Å². The van der Waals surface area contributed by atoms with E-state index in [1.54, 1.807) is 0 Å². The van der Waals surface area contributed by atoms with Gasteiger partial charge in [-0.2, -0.15) is 0 Å². The first kappa shape index (κ1) is 17.7. The highest BCUT2D eigenvalue weighted by atomic mass is 32.1. The summed E-state index contributed by atoms with van der Waals surface area (Å²) in [4.78, 5) is 1.46. The maximum Gasteiger partial charge on any atom is 0.0623 e. The largest absolute Gasteiger partial charge is 0.378 e. The molecule has 1 aromatic rings. The third-order valence-electron chi connectivity index (χ3n) is 3.79. The van der Waals surface area contributed by atoms with Crippen LogP contribution in [0.5, 0.6) is 0 Å². The van der Waals surface area contributed by atoms with E-state index in [1.807, 2.05) is 11.3 Å². The molecule has 116 valence electrons. The SMILES string of the molecule is CCCCCCCCCCC(Cc1cccs1)OCC. The van der Waals surface area contributed by atoms with Gasteiger partial charge in [0.2, 0.25) is 0 Å². The van der Waals surface area contributed by atoms with Gasteiger partial charge in [-0.3, -0.25) is 0 Å². The molecule has 0 bridgehead atoms. The Labute approximate surface area is 129 Å². The molecule has 0 fully saturated rings. The number of unbranched alkanes of at least 4 members (excludes halogenated alkanes) is 7. The van der Waals surface area contributed by atoms with E-state index in [-0.39, 0.29) is 0 Å². The monoisotopic (exact) mass is 296 g/mol. The maximum absolute atomic E-state index is 5.88. The Balaban J connectivity index is 2.04. The van der Waals surface area contributed by atoms with Crippen LogP contribution in [0.25, 0.3) is 0 Å². The third kappa shape index (κ3) is 8.76. The second-order valence-corrected chi connectivity index (χ2v) is 6.66. The Morgan fingerprint density at radius 1 is 1.00 bits per heavy atom. The van der Waals surface area contributed by atoms with E-state index in [9.17, 15) is 0 Å². The van der Waals surface area contributed by atoms with Gasteiger partial charge in [-0.25, -0.2) is 0 Å². The highest BCUT2D eigenvalue weighted by molar-refractivity contribution is 7.09. The lowest BCUT2D eigenvalue weighted by atomic mass is 10.0. The molecular weight excluding hydrogens is 264 g/mol. The van der Waals surface area contributed by atoms with Crippen molar-refractivity contribution in [2.45, 2.75) is 84.2 Å². The predicted molar refractivity (Wildman–Crippen MR) is 90.7 cm³/mol. The van der Waals surface area contributed by atoms with Crippen LogP contribution in [0.15, 0.2) is 17.5 Å². The molecule has 0 radical (unpaired) electrons. The molecule has 2 heteroatoms. The van der Waals surface area contributed by atoms with Gasteiger partial charge in [0.25, 0.3) is 0 Å². The van der Waals surface area contributed by atoms with Gasteiger partial charge in [-0.15, -0.1) is 11.3 Å². The first-order chi connectivity index (χ1) is 9.86. The lowest BCUT2D eigenvalue weighted by Crippen LogP contribution is -2.15. The number of hydrogen-bond acceptors (Lipinski definition) is 2.